The number of carboxylic acid groups (broad SMARTS) is 1. The summed E-state index contributed by atoms with van der Waals surface area (Å²) in [4.78, 5) is 32.1. The van der Waals surface area contributed by atoms with Crippen molar-refractivity contribution in [3.8, 4) is 0 Å². The fraction of sp³-hybridized carbons (Fsp3) is 0.294. The van der Waals surface area contributed by atoms with Crippen molar-refractivity contribution >= 4 is 23.5 Å². The van der Waals surface area contributed by atoms with E-state index in [1.165, 1.54) is 12.5 Å². The van der Waals surface area contributed by atoms with Crippen LogP contribution in [0, 0.1) is 0 Å². The second kappa shape index (κ2) is 6.04. The summed E-state index contributed by atoms with van der Waals surface area (Å²) in [5.41, 5.74) is 8.04. The molecule has 130 valence electrons. The average Bonchev–Trinajstić information content (AvgIpc) is 2.91. The van der Waals surface area contributed by atoms with Gasteiger partial charge in [-0.05, 0) is 17.2 Å². The first-order valence-corrected chi connectivity index (χ1v) is 7.77. The van der Waals surface area contributed by atoms with Crippen molar-refractivity contribution in [2.45, 2.75) is 25.8 Å². The minimum absolute atomic E-state index is 0.0972. The smallest absolute Gasteiger partial charge is 0.414 e. The molecule has 1 aliphatic heterocycles. The predicted octanol–water partition coefficient (Wildman–Crippen LogP) is 2.08. The number of carbonyl (C=O) groups excluding carboxylic acids is 1. The van der Waals surface area contributed by atoms with E-state index in [0.29, 0.717) is 23.6 Å². The zero-order chi connectivity index (χ0) is 18.2. The topological polar surface area (TPSA) is 121 Å². The normalized spacial score (nSPS) is 13.7. The Morgan fingerprint density at radius 2 is 2.20 bits per heavy atom. The van der Waals surface area contributed by atoms with E-state index in [1.54, 1.807) is 6.07 Å². The molecule has 8 heteroatoms. The van der Waals surface area contributed by atoms with Crippen LogP contribution in [-0.4, -0.2) is 38.5 Å². The summed E-state index contributed by atoms with van der Waals surface area (Å²) >= 11 is 0. The van der Waals surface area contributed by atoms with Gasteiger partial charge in [0, 0.05) is 17.5 Å². The lowest BCUT2D eigenvalue weighted by molar-refractivity contribution is 0.0763. The van der Waals surface area contributed by atoms with Crippen molar-refractivity contribution < 1.29 is 14.7 Å². The molecular formula is C17H19N5O3. The largest absolute Gasteiger partial charge is 0.465 e. The fourth-order valence-electron chi connectivity index (χ4n) is 2.77. The van der Waals surface area contributed by atoms with E-state index in [9.17, 15) is 9.59 Å². The molecule has 8 nitrogen and oxygen atoms in total. The van der Waals surface area contributed by atoms with Gasteiger partial charge in [-0.1, -0.05) is 26.0 Å². The molecule has 2 aromatic rings. The number of amides is 2. The quantitative estimate of drug-likeness (QED) is 0.778. The highest BCUT2D eigenvalue weighted by Gasteiger charge is 2.33. The van der Waals surface area contributed by atoms with Gasteiger partial charge in [-0.15, -0.1) is 0 Å². The van der Waals surface area contributed by atoms with Crippen LogP contribution in [0.1, 0.15) is 35.3 Å². The number of nitrogens with zero attached hydrogens (tertiary/aromatic N) is 3. The van der Waals surface area contributed by atoms with Crippen LogP contribution in [0.25, 0.3) is 0 Å². The Hall–Kier alpha value is -3.16. The van der Waals surface area contributed by atoms with E-state index in [-0.39, 0.29) is 12.0 Å². The Morgan fingerprint density at radius 3 is 2.88 bits per heavy atom. The molecule has 2 amide bonds. The van der Waals surface area contributed by atoms with Crippen LogP contribution < -0.4 is 11.1 Å². The van der Waals surface area contributed by atoms with Crippen LogP contribution in [0.2, 0.25) is 0 Å². The van der Waals surface area contributed by atoms with Gasteiger partial charge in [0.2, 0.25) is 0 Å². The lowest BCUT2D eigenvalue weighted by Gasteiger charge is -2.26. The summed E-state index contributed by atoms with van der Waals surface area (Å²) in [5, 5.41) is 12.3. The molecule has 1 aromatic carbocycles. The van der Waals surface area contributed by atoms with Gasteiger partial charge in [-0.25, -0.2) is 19.7 Å². The number of aromatic nitrogens is 2. The van der Waals surface area contributed by atoms with Crippen molar-refractivity contribution in [2.75, 3.05) is 17.6 Å². The van der Waals surface area contributed by atoms with E-state index >= 15 is 0 Å². The molecule has 0 aliphatic carbocycles. The van der Waals surface area contributed by atoms with Gasteiger partial charge in [0.1, 0.15) is 6.33 Å². The van der Waals surface area contributed by atoms with Gasteiger partial charge < -0.3 is 16.2 Å². The van der Waals surface area contributed by atoms with E-state index < -0.39 is 12.0 Å². The summed E-state index contributed by atoms with van der Waals surface area (Å²) in [5.74, 6) is 0.0746. The van der Waals surface area contributed by atoms with Crippen LogP contribution in [-0.2, 0) is 12.0 Å². The van der Waals surface area contributed by atoms with Crippen molar-refractivity contribution in [3.63, 3.8) is 0 Å². The fourth-order valence-corrected chi connectivity index (χ4v) is 2.77. The molecule has 0 atom stereocenters. The molecule has 2 heterocycles. The molecule has 0 saturated carbocycles. The summed E-state index contributed by atoms with van der Waals surface area (Å²) in [6.45, 7) is 4.67. The molecule has 0 saturated heterocycles. The Bertz CT molecular complexity index is 850. The van der Waals surface area contributed by atoms with Gasteiger partial charge in [-0.2, -0.15) is 0 Å². The highest BCUT2D eigenvalue weighted by Crippen LogP contribution is 2.30. The number of benzene rings is 1. The second-order valence-corrected chi connectivity index (χ2v) is 6.61. The third-order valence-corrected chi connectivity index (χ3v) is 4.36. The van der Waals surface area contributed by atoms with Gasteiger partial charge in [-0.3, -0.25) is 4.79 Å². The van der Waals surface area contributed by atoms with Crippen LogP contribution in [0.5, 0.6) is 0 Å². The Kier molecular flexibility index (Phi) is 4.03. The highest BCUT2D eigenvalue weighted by molar-refractivity contribution is 6.06. The number of hydrogen-bond acceptors (Lipinski definition) is 6. The van der Waals surface area contributed by atoms with Crippen molar-refractivity contribution in [3.05, 3.63) is 47.4 Å². The molecule has 0 fully saturated rings. The van der Waals surface area contributed by atoms with Gasteiger partial charge in [0.15, 0.2) is 5.82 Å². The molecule has 1 aromatic heterocycles. The SMILES string of the molecule is CC(C)(CNc1ncncc1N)c1ccc2c(c1)C(=O)N(C(=O)O)C2. The van der Waals surface area contributed by atoms with Gasteiger partial charge >= 0.3 is 6.09 Å². The summed E-state index contributed by atoms with van der Waals surface area (Å²) in [7, 11) is 0. The van der Waals surface area contributed by atoms with Gasteiger partial charge in [0.05, 0.1) is 18.4 Å². The van der Waals surface area contributed by atoms with Crippen molar-refractivity contribution in [1.29, 1.82) is 0 Å². The molecular weight excluding hydrogens is 322 g/mol. The standard InChI is InChI=1S/C17H19N5O3/c1-17(2,8-20-14-13(18)6-19-9-21-14)11-4-3-10-7-22(16(24)25)15(23)12(10)5-11/h3-6,9H,7-8,18H2,1-2H3,(H,24,25)(H,19,20,21). The van der Waals surface area contributed by atoms with E-state index in [4.69, 9.17) is 10.8 Å². The number of imide groups is 1. The number of nitrogen functional groups attached to an aromatic ring is 1. The van der Waals surface area contributed by atoms with Gasteiger partial charge in [0.25, 0.3) is 5.91 Å². The van der Waals surface area contributed by atoms with Crippen LogP contribution >= 0.6 is 0 Å². The Balaban J connectivity index is 1.81. The first-order valence-electron chi connectivity index (χ1n) is 7.77. The van der Waals surface area contributed by atoms with E-state index in [2.05, 4.69) is 15.3 Å². The van der Waals surface area contributed by atoms with Crippen LogP contribution in [0.3, 0.4) is 0 Å². The van der Waals surface area contributed by atoms with Crippen molar-refractivity contribution in [1.82, 2.24) is 14.9 Å². The Labute approximate surface area is 144 Å². The minimum Gasteiger partial charge on any atom is -0.465 e. The predicted molar refractivity (Wildman–Crippen MR) is 92.3 cm³/mol. The molecule has 0 unspecified atom stereocenters. The monoisotopic (exact) mass is 341 g/mol. The number of anilines is 2. The lowest BCUT2D eigenvalue weighted by Crippen LogP contribution is -2.30. The number of rotatable bonds is 4. The molecule has 0 radical (unpaired) electrons. The maximum absolute atomic E-state index is 12.2. The average molecular weight is 341 g/mol. The second-order valence-electron chi connectivity index (χ2n) is 6.61. The number of fused-ring (bicyclic) bond motifs is 1. The first-order chi connectivity index (χ1) is 11.8. The summed E-state index contributed by atoms with van der Waals surface area (Å²) in [6, 6.07) is 5.50. The molecule has 0 spiro atoms. The van der Waals surface area contributed by atoms with Crippen LogP contribution in [0.15, 0.2) is 30.7 Å². The van der Waals surface area contributed by atoms with Crippen molar-refractivity contribution in [2.24, 2.45) is 0 Å². The molecule has 4 N–H and O–H groups in total. The first kappa shape index (κ1) is 16.7. The third-order valence-electron chi connectivity index (χ3n) is 4.36. The maximum Gasteiger partial charge on any atom is 0.414 e. The Morgan fingerprint density at radius 1 is 1.44 bits per heavy atom. The molecule has 3 rings (SSSR count). The molecule has 25 heavy (non-hydrogen) atoms. The lowest BCUT2D eigenvalue weighted by atomic mass is 9.83. The molecule has 1 aliphatic rings. The number of nitrogens with one attached hydrogen (secondary N) is 1. The summed E-state index contributed by atoms with van der Waals surface area (Å²) in [6.07, 6.45) is 1.71. The maximum atomic E-state index is 12.2. The number of nitrogens with two attached hydrogens (primary N) is 1. The number of hydrogen-bond donors (Lipinski definition) is 3. The van der Waals surface area contributed by atoms with Crippen LogP contribution in [0.4, 0.5) is 16.3 Å². The minimum atomic E-state index is -1.23. The number of carbonyl (C=O) groups is 2. The zero-order valence-electron chi connectivity index (χ0n) is 14.0. The summed E-state index contributed by atoms with van der Waals surface area (Å²) < 4.78 is 0. The highest BCUT2D eigenvalue weighted by atomic mass is 16.4. The third kappa shape index (κ3) is 3.10. The van der Waals surface area contributed by atoms with E-state index in [0.717, 1.165) is 16.0 Å². The zero-order valence-corrected chi connectivity index (χ0v) is 14.0. The molecule has 0 bridgehead atoms. The van der Waals surface area contributed by atoms with E-state index in [1.807, 2.05) is 26.0 Å².